The minimum atomic E-state index is 0.0839. The van der Waals surface area contributed by atoms with Crippen molar-refractivity contribution in [3.8, 4) is 0 Å². The Morgan fingerprint density at radius 1 is 1.30 bits per heavy atom. The fourth-order valence-electron chi connectivity index (χ4n) is 0.537. The standard InChI is InChI=1S/C8H12O2/c1-3-4-7(2)8(10)5-6-9/h3-6,9-10H,1-2H3/b4-3+,6-5+,8-7+. The monoisotopic (exact) mass is 140 g/mol. The van der Waals surface area contributed by atoms with Gasteiger partial charge < -0.3 is 10.2 Å². The van der Waals surface area contributed by atoms with Crippen LogP contribution in [-0.2, 0) is 0 Å². The van der Waals surface area contributed by atoms with Crippen molar-refractivity contribution in [3.63, 3.8) is 0 Å². The number of rotatable bonds is 2. The minimum Gasteiger partial charge on any atom is -0.515 e. The van der Waals surface area contributed by atoms with Crippen LogP contribution in [0, 0.1) is 0 Å². The second kappa shape index (κ2) is 4.68. The lowest BCUT2D eigenvalue weighted by Crippen LogP contribution is -1.79. The Hall–Kier alpha value is -1.18. The van der Waals surface area contributed by atoms with Gasteiger partial charge >= 0.3 is 0 Å². The Kier molecular flexibility index (Phi) is 4.12. The van der Waals surface area contributed by atoms with E-state index in [1.165, 1.54) is 6.08 Å². The summed E-state index contributed by atoms with van der Waals surface area (Å²) >= 11 is 0. The van der Waals surface area contributed by atoms with E-state index in [1.807, 2.05) is 13.0 Å². The van der Waals surface area contributed by atoms with Gasteiger partial charge in [-0.05, 0) is 19.4 Å². The maximum atomic E-state index is 9.03. The first-order chi connectivity index (χ1) is 4.72. The molecule has 0 unspecified atom stereocenters. The summed E-state index contributed by atoms with van der Waals surface area (Å²) in [6, 6.07) is 0. The fraction of sp³-hybridized carbons (Fsp3) is 0.250. The van der Waals surface area contributed by atoms with E-state index in [2.05, 4.69) is 0 Å². The van der Waals surface area contributed by atoms with Crippen molar-refractivity contribution >= 4 is 0 Å². The molecule has 0 aliphatic heterocycles. The number of aliphatic hydroxyl groups excluding tert-OH is 2. The molecule has 0 aromatic carbocycles. The smallest absolute Gasteiger partial charge is 0.121 e. The quantitative estimate of drug-likeness (QED) is 0.457. The zero-order valence-corrected chi connectivity index (χ0v) is 6.20. The molecule has 0 bridgehead atoms. The molecule has 0 spiro atoms. The maximum absolute atomic E-state index is 9.03. The van der Waals surface area contributed by atoms with Crippen LogP contribution in [0.5, 0.6) is 0 Å². The highest BCUT2D eigenvalue weighted by molar-refractivity contribution is 5.25. The lowest BCUT2D eigenvalue weighted by atomic mass is 10.2. The van der Waals surface area contributed by atoms with Gasteiger partial charge in [-0.2, -0.15) is 0 Å². The summed E-state index contributed by atoms with van der Waals surface area (Å²) in [5, 5.41) is 17.3. The number of hydrogen-bond acceptors (Lipinski definition) is 2. The van der Waals surface area contributed by atoms with Gasteiger partial charge in [-0.15, -0.1) is 0 Å². The molecule has 56 valence electrons. The van der Waals surface area contributed by atoms with Crippen molar-refractivity contribution in [2.24, 2.45) is 0 Å². The molecule has 0 rings (SSSR count). The summed E-state index contributed by atoms with van der Waals surface area (Å²) in [6.07, 6.45) is 5.61. The van der Waals surface area contributed by atoms with Gasteiger partial charge in [0.2, 0.25) is 0 Å². The molecule has 0 saturated heterocycles. The molecule has 2 N–H and O–H groups in total. The molecule has 0 amide bonds. The van der Waals surface area contributed by atoms with Crippen LogP contribution in [-0.4, -0.2) is 10.2 Å². The minimum absolute atomic E-state index is 0.0839. The van der Waals surface area contributed by atoms with Crippen molar-refractivity contribution < 1.29 is 10.2 Å². The van der Waals surface area contributed by atoms with E-state index >= 15 is 0 Å². The number of aliphatic hydroxyl groups is 2. The average Bonchev–Trinajstić information content (AvgIpc) is 1.89. The van der Waals surface area contributed by atoms with Crippen LogP contribution in [0.2, 0.25) is 0 Å². The molecule has 2 heteroatoms. The zero-order chi connectivity index (χ0) is 7.98. The predicted molar refractivity (Wildman–Crippen MR) is 41.9 cm³/mol. The van der Waals surface area contributed by atoms with Gasteiger partial charge in [-0.3, -0.25) is 0 Å². The molecule has 2 nitrogen and oxygen atoms in total. The molecular weight excluding hydrogens is 128 g/mol. The van der Waals surface area contributed by atoms with Crippen LogP contribution in [0.3, 0.4) is 0 Å². The van der Waals surface area contributed by atoms with Gasteiger partial charge in [0.1, 0.15) is 5.76 Å². The molecule has 0 aliphatic rings. The second-order valence-corrected chi connectivity index (χ2v) is 1.88. The van der Waals surface area contributed by atoms with Crippen LogP contribution < -0.4 is 0 Å². The van der Waals surface area contributed by atoms with Gasteiger partial charge in [0, 0.05) is 6.08 Å². The van der Waals surface area contributed by atoms with Crippen LogP contribution in [0.25, 0.3) is 0 Å². The van der Waals surface area contributed by atoms with E-state index in [0.29, 0.717) is 0 Å². The lowest BCUT2D eigenvalue weighted by Gasteiger charge is -1.93. The van der Waals surface area contributed by atoms with E-state index < -0.39 is 0 Å². The van der Waals surface area contributed by atoms with Crippen molar-refractivity contribution in [2.45, 2.75) is 13.8 Å². The summed E-state index contributed by atoms with van der Waals surface area (Å²) in [5.41, 5.74) is 0.729. The largest absolute Gasteiger partial charge is 0.515 e. The molecule has 0 atom stereocenters. The Labute approximate surface area is 60.8 Å². The Morgan fingerprint density at radius 3 is 2.30 bits per heavy atom. The summed E-state index contributed by atoms with van der Waals surface area (Å²) in [5.74, 6) is 0.0839. The molecule has 0 fully saturated rings. The third kappa shape index (κ3) is 2.97. The Balaban J connectivity index is 4.33. The third-order valence-electron chi connectivity index (χ3n) is 1.05. The average molecular weight is 140 g/mol. The van der Waals surface area contributed by atoms with Crippen LogP contribution >= 0.6 is 0 Å². The second-order valence-electron chi connectivity index (χ2n) is 1.88. The van der Waals surface area contributed by atoms with Crippen molar-refractivity contribution in [1.29, 1.82) is 0 Å². The topological polar surface area (TPSA) is 40.5 Å². The van der Waals surface area contributed by atoms with E-state index in [0.717, 1.165) is 11.8 Å². The zero-order valence-electron chi connectivity index (χ0n) is 6.20. The Bertz CT molecular complexity index is 156. The SMILES string of the molecule is C/C=C/C(C)=C(O)\C=C\O. The fourth-order valence-corrected chi connectivity index (χ4v) is 0.537. The highest BCUT2D eigenvalue weighted by Crippen LogP contribution is 2.02. The third-order valence-corrected chi connectivity index (χ3v) is 1.05. The molecular formula is C8H12O2. The van der Waals surface area contributed by atoms with Gasteiger partial charge in [-0.1, -0.05) is 12.2 Å². The van der Waals surface area contributed by atoms with Gasteiger partial charge in [0.15, 0.2) is 0 Å². The molecule has 0 heterocycles. The van der Waals surface area contributed by atoms with Gasteiger partial charge in [0.05, 0.1) is 6.26 Å². The van der Waals surface area contributed by atoms with Gasteiger partial charge in [-0.25, -0.2) is 0 Å². The lowest BCUT2D eigenvalue weighted by molar-refractivity contribution is 0.416. The highest BCUT2D eigenvalue weighted by atomic mass is 16.3. The normalized spacial score (nSPS) is 14.6. The van der Waals surface area contributed by atoms with E-state index in [-0.39, 0.29) is 5.76 Å². The van der Waals surface area contributed by atoms with E-state index in [9.17, 15) is 0 Å². The molecule has 0 aliphatic carbocycles. The molecule has 0 saturated carbocycles. The first-order valence-electron chi connectivity index (χ1n) is 3.05. The van der Waals surface area contributed by atoms with Crippen molar-refractivity contribution in [1.82, 2.24) is 0 Å². The number of hydrogen-bond donors (Lipinski definition) is 2. The predicted octanol–water partition coefficient (Wildman–Crippen LogP) is 2.47. The van der Waals surface area contributed by atoms with Crippen LogP contribution in [0.4, 0.5) is 0 Å². The first kappa shape index (κ1) is 8.82. The molecule has 0 aromatic rings. The molecule has 0 radical (unpaired) electrons. The summed E-state index contributed by atoms with van der Waals surface area (Å²) < 4.78 is 0. The van der Waals surface area contributed by atoms with Crippen molar-refractivity contribution in [3.05, 3.63) is 35.8 Å². The molecule has 10 heavy (non-hydrogen) atoms. The first-order valence-corrected chi connectivity index (χ1v) is 3.05. The van der Waals surface area contributed by atoms with E-state index in [4.69, 9.17) is 10.2 Å². The Morgan fingerprint density at radius 2 is 1.90 bits per heavy atom. The van der Waals surface area contributed by atoms with Crippen molar-refractivity contribution in [2.75, 3.05) is 0 Å². The summed E-state index contributed by atoms with van der Waals surface area (Å²) in [6.45, 7) is 3.62. The van der Waals surface area contributed by atoms with E-state index in [1.54, 1.807) is 13.0 Å². The maximum Gasteiger partial charge on any atom is 0.121 e. The number of allylic oxidation sites excluding steroid dienone is 4. The summed E-state index contributed by atoms with van der Waals surface area (Å²) in [7, 11) is 0. The van der Waals surface area contributed by atoms with Crippen LogP contribution in [0.1, 0.15) is 13.8 Å². The molecule has 0 aromatic heterocycles. The highest BCUT2D eigenvalue weighted by Gasteiger charge is 1.88. The van der Waals surface area contributed by atoms with Gasteiger partial charge in [0.25, 0.3) is 0 Å². The summed E-state index contributed by atoms with van der Waals surface area (Å²) in [4.78, 5) is 0. The van der Waals surface area contributed by atoms with Crippen LogP contribution in [0.15, 0.2) is 35.8 Å².